The van der Waals surface area contributed by atoms with Crippen molar-refractivity contribution in [3.8, 4) is 0 Å². The minimum absolute atomic E-state index is 0.0766. The maximum atomic E-state index is 12.4. The van der Waals surface area contributed by atoms with E-state index in [4.69, 9.17) is 5.84 Å². The number of amides is 2. The van der Waals surface area contributed by atoms with Crippen molar-refractivity contribution in [2.24, 2.45) is 5.84 Å². The minimum atomic E-state index is -0.572. The zero-order valence-electron chi connectivity index (χ0n) is 13.4. The van der Waals surface area contributed by atoms with E-state index in [0.29, 0.717) is 5.56 Å². The van der Waals surface area contributed by atoms with E-state index < -0.39 is 5.91 Å². The van der Waals surface area contributed by atoms with E-state index in [-0.39, 0.29) is 11.6 Å². The van der Waals surface area contributed by atoms with Crippen LogP contribution < -0.4 is 16.6 Å². The maximum Gasteiger partial charge on any atom is 0.281 e. The summed E-state index contributed by atoms with van der Waals surface area (Å²) in [5.41, 5.74) is 3.41. The van der Waals surface area contributed by atoms with Crippen LogP contribution in [-0.2, 0) is 4.79 Å². The van der Waals surface area contributed by atoms with Gasteiger partial charge in [-0.25, -0.2) is 5.84 Å². The molecule has 3 rings (SSSR count). The van der Waals surface area contributed by atoms with Gasteiger partial charge in [-0.15, -0.1) is 0 Å². The van der Waals surface area contributed by atoms with Gasteiger partial charge in [-0.1, -0.05) is 60.7 Å². The Morgan fingerprint density at radius 1 is 0.840 bits per heavy atom. The number of fused-ring (bicyclic) bond motifs is 1. The summed E-state index contributed by atoms with van der Waals surface area (Å²) in [6, 6.07) is 22.2. The fourth-order valence-electron chi connectivity index (χ4n) is 2.55. The summed E-state index contributed by atoms with van der Waals surface area (Å²) >= 11 is 0. The van der Waals surface area contributed by atoms with Crippen LogP contribution in [-0.4, -0.2) is 11.8 Å². The van der Waals surface area contributed by atoms with Gasteiger partial charge in [-0.2, -0.15) is 0 Å². The molecular weight excluding hydrogens is 314 g/mol. The predicted octanol–water partition coefficient (Wildman–Crippen LogP) is 2.60. The zero-order chi connectivity index (χ0) is 17.6. The zero-order valence-corrected chi connectivity index (χ0v) is 13.4. The van der Waals surface area contributed by atoms with Crippen molar-refractivity contribution in [2.75, 3.05) is 0 Å². The Hall–Kier alpha value is -3.44. The quantitative estimate of drug-likeness (QED) is 0.297. The van der Waals surface area contributed by atoms with E-state index in [0.717, 1.165) is 16.3 Å². The van der Waals surface area contributed by atoms with Crippen molar-refractivity contribution in [1.82, 2.24) is 10.7 Å². The molecule has 25 heavy (non-hydrogen) atoms. The molecule has 0 aliphatic carbocycles. The number of nitrogens with two attached hydrogens (primary N) is 1. The largest absolute Gasteiger partial charge is 0.317 e. The lowest BCUT2D eigenvalue weighted by atomic mass is 10.0. The molecule has 124 valence electrons. The molecule has 0 saturated carbocycles. The van der Waals surface area contributed by atoms with E-state index in [1.807, 2.05) is 48.5 Å². The number of carbonyl (C=O) groups excluding carboxylic acids is 2. The van der Waals surface area contributed by atoms with Crippen LogP contribution in [0.4, 0.5) is 0 Å². The summed E-state index contributed by atoms with van der Waals surface area (Å²) in [7, 11) is 0. The highest BCUT2D eigenvalue weighted by atomic mass is 16.2. The van der Waals surface area contributed by atoms with Crippen LogP contribution in [0.1, 0.15) is 15.9 Å². The second-order valence-electron chi connectivity index (χ2n) is 5.42. The molecule has 0 aromatic heterocycles. The molecule has 5 nitrogen and oxygen atoms in total. The fourth-order valence-corrected chi connectivity index (χ4v) is 2.55. The van der Waals surface area contributed by atoms with Crippen molar-refractivity contribution >= 4 is 28.7 Å². The Labute approximate surface area is 145 Å². The molecule has 0 bridgehead atoms. The third-order valence-electron chi connectivity index (χ3n) is 3.78. The Morgan fingerprint density at radius 3 is 2.28 bits per heavy atom. The third-order valence-corrected chi connectivity index (χ3v) is 3.78. The molecule has 3 aromatic rings. The molecule has 0 aliphatic heterocycles. The van der Waals surface area contributed by atoms with Gasteiger partial charge in [-0.05, 0) is 34.5 Å². The van der Waals surface area contributed by atoms with Gasteiger partial charge in [0.25, 0.3) is 11.8 Å². The van der Waals surface area contributed by atoms with Gasteiger partial charge < -0.3 is 5.32 Å². The molecule has 0 aliphatic rings. The monoisotopic (exact) mass is 331 g/mol. The summed E-state index contributed by atoms with van der Waals surface area (Å²) in [6.45, 7) is 0. The average molecular weight is 331 g/mol. The van der Waals surface area contributed by atoms with Crippen molar-refractivity contribution < 1.29 is 9.59 Å². The third kappa shape index (κ3) is 3.73. The van der Waals surface area contributed by atoms with Crippen LogP contribution in [0.25, 0.3) is 16.8 Å². The van der Waals surface area contributed by atoms with Gasteiger partial charge in [0.05, 0.1) is 0 Å². The standard InChI is InChI=1S/C20H17N3O2/c21-23-20(25)18(22-19(24)15-8-2-1-3-9-15)13-16-11-6-10-14-7-4-5-12-17(14)16/h1-13H,21H2,(H,22,24)(H,23,25)/b18-13+. The van der Waals surface area contributed by atoms with E-state index in [9.17, 15) is 9.59 Å². The van der Waals surface area contributed by atoms with Crippen molar-refractivity contribution in [2.45, 2.75) is 0 Å². The lowest BCUT2D eigenvalue weighted by molar-refractivity contribution is -0.117. The number of nitrogens with one attached hydrogen (secondary N) is 2. The average Bonchev–Trinajstić information content (AvgIpc) is 2.67. The molecule has 4 N–H and O–H groups in total. The normalized spacial score (nSPS) is 11.2. The molecule has 0 radical (unpaired) electrons. The van der Waals surface area contributed by atoms with Gasteiger partial charge in [0.1, 0.15) is 5.70 Å². The molecule has 5 heteroatoms. The molecule has 0 saturated heterocycles. The number of hydrogen-bond donors (Lipinski definition) is 3. The number of hydrazine groups is 1. The molecule has 0 heterocycles. The number of benzene rings is 3. The van der Waals surface area contributed by atoms with Crippen molar-refractivity contribution in [1.29, 1.82) is 0 Å². The molecular formula is C20H17N3O2. The molecule has 0 unspecified atom stereocenters. The summed E-state index contributed by atoms with van der Waals surface area (Å²) in [4.78, 5) is 24.5. The van der Waals surface area contributed by atoms with Crippen LogP contribution in [0.2, 0.25) is 0 Å². The summed E-state index contributed by atoms with van der Waals surface area (Å²) in [6.07, 6.45) is 1.62. The fraction of sp³-hybridized carbons (Fsp3) is 0. The van der Waals surface area contributed by atoms with Gasteiger partial charge >= 0.3 is 0 Å². The first kappa shape index (κ1) is 16.4. The van der Waals surface area contributed by atoms with Crippen LogP contribution in [0, 0.1) is 0 Å². The Balaban J connectivity index is 1.99. The van der Waals surface area contributed by atoms with Crippen LogP contribution in [0.3, 0.4) is 0 Å². The smallest absolute Gasteiger partial charge is 0.281 e. The van der Waals surface area contributed by atoms with Crippen molar-refractivity contribution in [3.63, 3.8) is 0 Å². The molecule has 0 fully saturated rings. The predicted molar refractivity (Wildman–Crippen MR) is 98.2 cm³/mol. The summed E-state index contributed by atoms with van der Waals surface area (Å²) < 4.78 is 0. The van der Waals surface area contributed by atoms with E-state index >= 15 is 0 Å². The van der Waals surface area contributed by atoms with Crippen LogP contribution in [0.5, 0.6) is 0 Å². The first-order chi connectivity index (χ1) is 12.2. The van der Waals surface area contributed by atoms with Gasteiger partial charge in [0.15, 0.2) is 0 Å². The number of rotatable bonds is 4. The Bertz CT molecular complexity index is 944. The van der Waals surface area contributed by atoms with Gasteiger partial charge in [-0.3, -0.25) is 15.0 Å². The first-order valence-corrected chi connectivity index (χ1v) is 7.76. The molecule has 3 aromatic carbocycles. The number of carbonyl (C=O) groups is 2. The summed E-state index contributed by atoms with van der Waals surface area (Å²) in [5, 5.41) is 4.64. The maximum absolute atomic E-state index is 12.4. The highest BCUT2D eigenvalue weighted by molar-refractivity contribution is 6.06. The first-order valence-electron chi connectivity index (χ1n) is 7.76. The lowest BCUT2D eigenvalue weighted by Gasteiger charge is -2.10. The Kier molecular flexibility index (Phi) is 4.87. The molecule has 2 amide bonds. The van der Waals surface area contributed by atoms with E-state index in [1.54, 1.807) is 30.3 Å². The molecule has 0 spiro atoms. The van der Waals surface area contributed by atoms with Gasteiger partial charge in [0, 0.05) is 5.56 Å². The summed E-state index contributed by atoms with van der Waals surface area (Å²) in [5.74, 6) is 4.31. The Morgan fingerprint density at radius 2 is 1.52 bits per heavy atom. The lowest BCUT2D eigenvalue weighted by Crippen LogP contribution is -2.38. The minimum Gasteiger partial charge on any atom is -0.317 e. The van der Waals surface area contributed by atoms with E-state index in [2.05, 4.69) is 10.7 Å². The second kappa shape index (κ2) is 7.42. The van der Waals surface area contributed by atoms with E-state index in [1.165, 1.54) is 0 Å². The highest BCUT2D eigenvalue weighted by Gasteiger charge is 2.14. The SMILES string of the molecule is NNC(=O)/C(=C\c1cccc2ccccc12)NC(=O)c1ccccc1. The highest BCUT2D eigenvalue weighted by Crippen LogP contribution is 2.20. The topological polar surface area (TPSA) is 84.2 Å². The molecule has 0 atom stereocenters. The second-order valence-corrected chi connectivity index (χ2v) is 5.42. The van der Waals surface area contributed by atoms with Gasteiger partial charge in [0.2, 0.25) is 0 Å². The number of hydrogen-bond acceptors (Lipinski definition) is 3. The van der Waals surface area contributed by atoms with Crippen LogP contribution >= 0.6 is 0 Å². The van der Waals surface area contributed by atoms with Crippen molar-refractivity contribution in [3.05, 3.63) is 89.6 Å². The van der Waals surface area contributed by atoms with Crippen LogP contribution in [0.15, 0.2) is 78.5 Å².